The van der Waals surface area contributed by atoms with Crippen LogP contribution in [0.5, 0.6) is 11.5 Å². The fourth-order valence-electron chi connectivity index (χ4n) is 3.27. The van der Waals surface area contributed by atoms with Crippen molar-refractivity contribution >= 4 is 6.08 Å². The zero-order valence-corrected chi connectivity index (χ0v) is 19.9. The van der Waals surface area contributed by atoms with Crippen molar-refractivity contribution in [3.8, 4) is 11.5 Å². The van der Waals surface area contributed by atoms with Gasteiger partial charge in [-0.25, -0.2) is 0 Å². The van der Waals surface area contributed by atoms with Crippen molar-refractivity contribution in [2.24, 2.45) is 0 Å². The maximum absolute atomic E-state index is 10.6. The lowest BCUT2D eigenvalue weighted by atomic mass is 9.96. The van der Waals surface area contributed by atoms with E-state index in [1.165, 1.54) is 23.3 Å². The predicted octanol–water partition coefficient (Wildman–Crippen LogP) is 6.34. The molecule has 0 bridgehead atoms. The van der Waals surface area contributed by atoms with E-state index in [0.29, 0.717) is 30.4 Å². The van der Waals surface area contributed by atoms with Gasteiger partial charge in [-0.15, -0.1) is 0 Å². The molecule has 0 fully saturated rings. The normalized spacial score (nSPS) is 15.7. The van der Waals surface area contributed by atoms with Gasteiger partial charge in [-0.3, -0.25) is 0 Å². The molecular formula is C27H40O4. The number of rotatable bonds is 11. The van der Waals surface area contributed by atoms with Crippen LogP contribution in [-0.4, -0.2) is 32.1 Å². The lowest BCUT2D eigenvalue weighted by molar-refractivity contribution is 0.104. The summed E-state index contributed by atoms with van der Waals surface area (Å²) in [5, 5.41) is 40.7. The first-order valence-electron chi connectivity index (χ1n) is 11.0. The maximum Gasteiger partial charge on any atom is 0.123 e. The predicted molar refractivity (Wildman–Crippen MR) is 130 cm³/mol. The first-order chi connectivity index (χ1) is 14.4. The van der Waals surface area contributed by atoms with Crippen molar-refractivity contribution in [1.82, 2.24) is 0 Å². The van der Waals surface area contributed by atoms with Crippen molar-refractivity contribution in [2.45, 2.75) is 85.4 Å². The fourth-order valence-corrected chi connectivity index (χ4v) is 3.27. The second-order valence-corrected chi connectivity index (χ2v) is 9.08. The van der Waals surface area contributed by atoms with Crippen LogP contribution in [0.4, 0.5) is 0 Å². The van der Waals surface area contributed by atoms with Crippen molar-refractivity contribution in [3.63, 3.8) is 0 Å². The number of aromatic hydroxyl groups is 2. The Morgan fingerprint density at radius 1 is 1.00 bits per heavy atom. The molecule has 1 aromatic carbocycles. The summed E-state index contributed by atoms with van der Waals surface area (Å²) in [7, 11) is 0. The second kappa shape index (κ2) is 12.5. The molecule has 4 nitrogen and oxygen atoms in total. The molecule has 0 spiro atoms. The van der Waals surface area contributed by atoms with Gasteiger partial charge < -0.3 is 20.4 Å². The number of aliphatic hydroxyl groups excluding tert-OH is 1. The van der Waals surface area contributed by atoms with Gasteiger partial charge in [0.15, 0.2) is 0 Å². The van der Waals surface area contributed by atoms with Crippen LogP contribution in [0.15, 0.2) is 53.2 Å². The van der Waals surface area contributed by atoms with Gasteiger partial charge in [-0.2, -0.15) is 0 Å². The van der Waals surface area contributed by atoms with E-state index < -0.39 is 11.7 Å². The number of hydrogen-bond acceptors (Lipinski definition) is 4. The van der Waals surface area contributed by atoms with Crippen molar-refractivity contribution in [1.29, 1.82) is 0 Å². The molecule has 0 aliphatic carbocycles. The highest BCUT2D eigenvalue weighted by atomic mass is 16.3. The van der Waals surface area contributed by atoms with Gasteiger partial charge in [0.1, 0.15) is 11.5 Å². The lowest BCUT2D eigenvalue weighted by Crippen LogP contribution is -2.19. The molecule has 1 rings (SSSR count). The molecule has 0 amide bonds. The number of phenols is 2. The average Bonchev–Trinajstić information content (AvgIpc) is 2.62. The molecule has 0 aliphatic rings. The van der Waals surface area contributed by atoms with E-state index in [9.17, 15) is 20.4 Å². The standard InChI is InChI=1S/C27H40O4/c1-19(2)9-7-10-20(3)15-24(28)16-21(4)11-8-13-27(6,31)14-12-23-18-25(29)22(5)17-26(23)30/h9,11-12,14-15,17-18,24,28-31H,7-8,10,13,16H2,1-6H3/b14-12-,20-15+,21-11+/t24-,27-/m0/s1. The Kier molecular flexibility index (Phi) is 10.8. The Balaban J connectivity index is 2.57. The zero-order chi connectivity index (χ0) is 23.6. The van der Waals surface area contributed by atoms with E-state index in [0.717, 1.165) is 18.4 Å². The number of hydrogen-bond donors (Lipinski definition) is 4. The topological polar surface area (TPSA) is 80.9 Å². The largest absolute Gasteiger partial charge is 0.508 e. The Bertz CT molecular complexity index is 837. The minimum absolute atomic E-state index is 0.0660. The monoisotopic (exact) mass is 428 g/mol. The van der Waals surface area contributed by atoms with Gasteiger partial charge >= 0.3 is 0 Å². The summed E-state index contributed by atoms with van der Waals surface area (Å²) >= 11 is 0. The van der Waals surface area contributed by atoms with Gasteiger partial charge in [0.05, 0.1) is 11.7 Å². The molecule has 0 heterocycles. The molecule has 1 aromatic rings. The van der Waals surface area contributed by atoms with E-state index in [-0.39, 0.29) is 11.5 Å². The first-order valence-corrected chi connectivity index (χ1v) is 11.0. The average molecular weight is 429 g/mol. The summed E-state index contributed by atoms with van der Waals surface area (Å²) in [5.41, 5.74) is 3.60. The lowest BCUT2D eigenvalue weighted by Gasteiger charge is -2.18. The van der Waals surface area contributed by atoms with E-state index in [1.54, 1.807) is 26.0 Å². The third kappa shape index (κ3) is 11.0. The van der Waals surface area contributed by atoms with Crippen LogP contribution >= 0.6 is 0 Å². The summed E-state index contributed by atoms with van der Waals surface area (Å²) < 4.78 is 0. The van der Waals surface area contributed by atoms with Gasteiger partial charge in [-0.1, -0.05) is 47.1 Å². The second-order valence-electron chi connectivity index (χ2n) is 9.08. The highest BCUT2D eigenvalue weighted by Gasteiger charge is 2.16. The molecule has 31 heavy (non-hydrogen) atoms. The fraction of sp³-hybridized carbons (Fsp3) is 0.481. The van der Waals surface area contributed by atoms with Gasteiger partial charge in [0, 0.05) is 5.56 Å². The van der Waals surface area contributed by atoms with Crippen LogP contribution in [0, 0.1) is 6.92 Å². The Hall–Kier alpha value is -2.30. The Morgan fingerprint density at radius 2 is 1.68 bits per heavy atom. The van der Waals surface area contributed by atoms with Crippen molar-refractivity contribution in [3.05, 3.63) is 64.3 Å². The molecule has 4 N–H and O–H groups in total. The highest BCUT2D eigenvalue weighted by Crippen LogP contribution is 2.28. The van der Waals surface area contributed by atoms with Crippen molar-refractivity contribution < 1.29 is 20.4 Å². The van der Waals surface area contributed by atoms with Crippen LogP contribution in [0.2, 0.25) is 0 Å². The highest BCUT2D eigenvalue weighted by molar-refractivity contribution is 5.61. The summed E-state index contributed by atoms with van der Waals surface area (Å²) in [4.78, 5) is 0. The summed E-state index contributed by atoms with van der Waals surface area (Å²) in [6, 6.07) is 2.98. The molecule has 0 unspecified atom stereocenters. The SMILES string of the molecule is CC(C)=CCC/C(C)=C/[C@H](O)C/C(C)=C/CC[C@](C)(O)/C=C\c1cc(O)c(C)cc1O. The molecule has 4 heteroatoms. The minimum atomic E-state index is -1.05. The molecule has 0 saturated heterocycles. The molecule has 0 saturated carbocycles. The quantitative estimate of drug-likeness (QED) is 0.245. The van der Waals surface area contributed by atoms with E-state index in [2.05, 4.69) is 26.8 Å². The van der Waals surface area contributed by atoms with E-state index in [1.807, 2.05) is 19.1 Å². The van der Waals surface area contributed by atoms with Gasteiger partial charge in [0.2, 0.25) is 0 Å². The molecule has 0 aliphatic heterocycles. The third-order valence-corrected chi connectivity index (χ3v) is 5.21. The van der Waals surface area contributed by atoms with Crippen molar-refractivity contribution in [2.75, 3.05) is 0 Å². The van der Waals surface area contributed by atoms with Crippen LogP contribution in [0.1, 0.15) is 77.8 Å². The number of benzene rings is 1. The summed E-state index contributed by atoms with van der Waals surface area (Å²) in [6.45, 7) is 11.7. The van der Waals surface area contributed by atoms with Gasteiger partial charge in [0.25, 0.3) is 0 Å². The van der Waals surface area contributed by atoms with Crippen LogP contribution < -0.4 is 0 Å². The van der Waals surface area contributed by atoms with E-state index in [4.69, 9.17) is 0 Å². The molecule has 0 radical (unpaired) electrons. The molecule has 0 aromatic heterocycles. The Morgan fingerprint density at radius 3 is 2.32 bits per heavy atom. The number of allylic oxidation sites excluding steroid dienone is 4. The van der Waals surface area contributed by atoms with Crippen LogP contribution in [0.25, 0.3) is 6.08 Å². The summed E-state index contributed by atoms with van der Waals surface area (Å²) in [6.07, 6.45) is 12.6. The molecule has 172 valence electrons. The number of aryl methyl sites for hydroxylation is 1. The zero-order valence-electron chi connectivity index (χ0n) is 19.9. The number of aliphatic hydroxyl groups is 2. The number of phenolic OH excluding ortho intramolecular Hbond substituents is 2. The first kappa shape index (κ1) is 26.7. The minimum Gasteiger partial charge on any atom is -0.508 e. The Labute approximate surface area is 188 Å². The smallest absolute Gasteiger partial charge is 0.123 e. The molecule has 2 atom stereocenters. The van der Waals surface area contributed by atoms with Crippen LogP contribution in [0.3, 0.4) is 0 Å². The van der Waals surface area contributed by atoms with E-state index >= 15 is 0 Å². The maximum atomic E-state index is 10.6. The van der Waals surface area contributed by atoms with Crippen LogP contribution in [-0.2, 0) is 0 Å². The van der Waals surface area contributed by atoms with Gasteiger partial charge in [-0.05, 0) is 91.3 Å². The molecular weight excluding hydrogens is 388 g/mol. The summed E-state index contributed by atoms with van der Waals surface area (Å²) in [5.74, 6) is 0.173. The third-order valence-electron chi connectivity index (χ3n) is 5.21.